The maximum absolute atomic E-state index is 12.6. The fraction of sp³-hybridized carbons (Fsp3) is 0.304. The summed E-state index contributed by atoms with van der Waals surface area (Å²) in [6, 6.07) is 13.4. The molecule has 2 aromatic carbocycles. The first kappa shape index (κ1) is 20.5. The number of carbonyl (C=O) groups excluding carboxylic acids is 2. The van der Waals surface area contributed by atoms with E-state index in [1.807, 2.05) is 24.0 Å². The first-order valence-electron chi connectivity index (χ1n) is 9.66. The Morgan fingerprint density at radius 1 is 1.14 bits per heavy atom. The molecular weight excluding hydrogens is 368 g/mol. The third kappa shape index (κ3) is 4.96. The number of methoxy groups -OCH3 is 1. The molecule has 0 bridgehead atoms. The fourth-order valence-corrected chi connectivity index (χ4v) is 3.13. The van der Waals surface area contributed by atoms with Crippen molar-refractivity contribution in [1.29, 1.82) is 0 Å². The van der Waals surface area contributed by atoms with Gasteiger partial charge in [0.1, 0.15) is 0 Å². The monoisotopic (exact) mass is 394 g/mol. The van der Waals surface area contributed by atoms with Crippen molar-refractivity contribution in [2.75, 3.05) is 27.2 Å². The van der Waals surface area contributed by atoms with Crippen LogP contribution in [0.25, 0.3) is 6.08 Å². The molecule has 0 saturated heterocycles. The van der Waals surface area contributed by atoms with E-state index in [1.165, 1.54) is 23.1 Å². The normalized spacial score (nSPS) is 13.1. The SMILES string of the molecule is CCN(C)C(=O)Oc1ccc(/C=C/C(=O)N2CCc3ccccc3C2)cc1OC. The first-order valence-corrected chi connectivity index (χ1v) is 9.66. The zero-order chi connectivity index (χ0) is 20.8. The van der Waals surface area contributed by atoms with E-state index < -0.39 is 6.09 Å². The Hall–Kier alpha value is -3.28. The largest absolute Gasteiger partial charge is 0.493 e. The van der Waals surface area contributed by atoms with Crippen molar-refractivity contribution in [2.24, 2.45) is 0 Å². The van der Waals surface area contributed by atoms with Crippen LogP contribution in [0.4, 0.5) is 4.79 Å². The molecule has 2 aromatic rings. The molecule has 0 spiro atoms. The number of amides is 2. The third-order valence-electron chi connectivity index (χ3n) is 5.03. The molecule has 0 aromatic heterocycles. The maximum Gasteiger partial charge on any atom is 0.415 e. The number of hydrogen-bond donors (Lipinski definition) is 0. The second-order valence-electron chi connectivity index (χ2n) is 6.90. The molecule has 3 rings (SSSR count). The summed E-state index contributed by atoms with van der Waals surface area (Å²) in [5.41, 5.74) is 3.30. The van der Waals surface area contributed by atoms with Gasteiger partial charge in [0.2, 0.25) is 5.91 Å². The zero-order valence-corrected chi connectivity index (χ0v) is 17.1. The van der Waals surface area contributed by atoms with Crippen LogP contribution in [0.15, 0.2) is 48.5 Å². The molecule has 6 nitrogen and oxygen atoms in total. The molecule has 0 N–H and O–H groups in total. The molecule has 1 aliphatic heterocycles. The van der Waals surface area contributed by atoms with Crippen LogP contribution in [-0.2, 0) is 17.8 Å². The highest BCUT2D eigenvalue weighted by Crippen LogP contribution is 2.29. The van der Waals surface area contributed by atoms with Crippen LogP contribution >= 0.6 is 0 Å². The van der Waals surface area contributed by atoms with Crippen LogP contribution in [0.3, 0.4) is 0 Å². The fourth-order valence-electron chi connectivity index (χ4n) is 3.13. The van der Waals surface area contributed by atoms with Gasteiger partial charge in [-0.1, -0.05) is 30.3 Å². The van der Waals surface area contributed by atoms with E-state index in [0.29, 0.717) is 31.1 Å². The van der Waals surface area contributed by atoms with Crippen molar-refractivity contribution in [3.05, 3.63) is 65.2 Å². The lowest BCUT2D eigenvalue weighted by Gasteiger charge is -2.27. The Bertz CT molecular complexity index is 923. The minimum Gasteiger partial charge on any atom is -0.493 e. The van der Waals surface area contributed by atoms with Gasteiger partial charge in [-0.2, -0.15) is 0 Å². The molecule has 0 saturated carbocycles. The zero-order valence-electron chi connectivity index (χ0n) is 17.1. The molecule has 6 heteroatoms. The number of rotatable bonds is 5. The number of hydrogen-bond acceptors (Lipinski definition) is 4. The average molecular weight is 394 g/mol. The number of benzene rings is 2. The predicted molar refractivity (Wildman–Crippen MR) is 112 cm³/mol. The number of ether oxygens (including phenoxy) is 2. The van der Waals surface area contributed by atoms with E-state index in [1.54, 1.807) is 37.4 Å². The van der Waals surface area contributed by atoms with Crippen LogP contribution < -0.4 is 9.47 Å². The van der Waals surface area contributed by atoms with Crippen molar-refractivity contribution >= 4 is 18.1 Å². The van der Waals surface area contributed by atoms with Gasteiger partial charge in [0.15, 0.2) is 11.5 Å². The molecule has 0 unspecified atom stereocenters. The topological polar surface area (TPSA) is 59.1 Å². The molecule has 0 atom stereocenters. The van der Waals surface area contributed by atoms with Gasteiger partial charge in [0.05, 0.1) is 7.11 Å². The van der Waals surface area contributed by atoms with Gasteiger partial charge in [0.25, 0.3) is 0 Å². The van der Waals surface area contributed by atoms with Gasteiger partial charge in [-0.05, 0) is 48.2 Å². The lowest BCUT2D eigenvalue weighted by Crippen LogP contribution is -2.34. The summed E-state index contributed by atoms with van der Waals surface area (Å²) in [7, 11) is 3.18. The Balaban J connectivity index is 1.67. The van der Waals surface area contributed by atoms with E-state index in [0.717, 1.165) is 12.0 Å². The molecule has 0 fully saturated rings. The average Bonchev–Trinajstić information content (AvgIpc) is 2.77. The van der Waals surface area contributed by atoms with Gasteiger partial charge in [-0.3, -0.25) is 4.79 Å². The number of fused-ring (bicyclic) bond motifs is 1. The van der Waals surface area contributed by atoms with E-state index in [4.69, 9.17) is 9.47 Å². The van der Waals surface area contributed by atoms with E-state index in [-0.39, 0.29) is 5.91 Å². The molecule has 29 heavy (non-hydrogen) atoms. The summed E-state index contributed by atoms with van der Waals surface area (Å²) in [6.07, 6.45) is 3.74. The minimum absolute atomic E-state index is 0.0291. The third-order valence-corrected chi connectivity index (χ3v) is 5.03. The standard InChI is InChI=1S/C23H26N2O4/c1-4-24(2)23(27)29-20-11-9-17(15-21(20)28-3)10-12-22(26)25-14-13-18-7-5-6-8-19(18)16-25/h5-12,15H,4,13-14,16H2,1-3H3/b12-10+. The van der Waals surface area contributed by atoms with E-state index >= 15 is 0 Å². The summed E-state index contributed by atoms with van der Waals surface area (Å²) in [5, 5.41) is 0. The summed E-state index contributed by atoms with van der Waals surface area (Å²) >= 11 is 0. The highest BCUT2D eigenvalue weighted by Gasteiger charge is 2.18. The lowest BCUT2D eigenvalue weighted by atomic mass is 10.00. The van der Waals surface area contributed by atoms with E-state index in [9.17, 15) is 9.59 Å². The summed E-state index contributed by atoms with van der Waals surface area (Å²) in [5.74, 6) is 0.747. The maximum atomic E-state index is 12.6. The van der Waals surface area contributed by atoms with Crippen LogP contribution in [-0.4, -0.2) is 49.0 Å². The van der Waals surface area contributed by atoms with Gasteiger partial charge in [0, 0.05) is 32.8 Å². The van der Waals surface area contributed by atoms with Crippen LogP contribution in [0.2, 0.25) is 0 Å². The quantitative estimate of drug-likeness (QED) is 0.725. The minimum atomic E-state index is -0.449. The van der Waals surface area contributed by atoms with Crippen LogP contribution in [0, 0.1) is 0 Å². The molecule has 0 radical (unpaired) electrons. The molecule has 152 valence electrons. The molecular formula is C23H26N2O4. The van der Waals surface area contributed by atoms with Gasteiger partial charge < -0.3 is 19.3 Å². The highest BCUT2D eigenvalue weighted by molar-refractivity contribution is 5.92. The van der Waals surface area contributed by atoms with Crippen molar-refractivity contribution in [2.45, 2.75) is 19.9 Å². The van der Waals surface area contributed by atoms with Crippen LogP contribution in [0.1, 0.15) is 23.6 Å². The number of nitrogens with zero attached hydrogens (tertiary/aromatic N) is 2. The molecule has 1 heterocycles. The van der Waals surface area contributed by atoms with Crippen LogP contribution in [0.5, 0.6) is 11.5 Å². The Labute approximate surface area is 171 Å². The summed E-state index contributed by atoms with van der Waals surface area (Å²) in [4.78, 5) is 27.8. The van der Waals surface area contributed by atoms with Crippen molar-refractivity contribution in [3.8, 4) is 11.5 Å². The molecule has 0 aliphatic carbocycles. The first-order chi connectivity index (χ1) is 14.0. The lowest BCUT2D eigenvalue weighted by molar-refractivity contribution is -0.126. The van der Waals surface area contributed by atoms with Crippen molar-refractivity contribution < 1.29 is 19.1 Å². The molecule has 1 aliphatic rings. The predicted octanol–water partition coefficient (Wildman–Crippen LogP) is 3.74. The second kappa shape index (κ2) is 9.28. The van der Waals surface area contributed by atoms with Crippen molar-refractivity contribution in [1.82, 2.24) is 9.80 Å². The second-order valence-corrected chi connectivity index (χ2v) is 6.90. The summed E-state index contributed by atoms with van der Waals surface area (Å²) < 4.78 is 10.7. The van der Waals surface area contributed by atoms with Gasteiger partial charge >= 0.3 is 6.09 Å². The van der Waals surface area contributed by atoms with E-state index in [2.05, 4.69) is 12.1 Å². The smallest absolute Gasteiger partial charge is 0.415 e. The highest BCUT2D eigenvalue weighted by atomic mass is 16.6. The van der Waals surface area contributed by atoms with Crippen molar-refractivity contribution in [3.63, 3.8) is 0 Å². The Morgan fingerprint density at radius 2 is 1.90 bits per heavy atom. The molecule has 2 amide bonds. The van der Waals surface area contributed by atoms with Gasteiger partial charge in [-0.15, -0.1) is 0 Å². The number of carbonyl (C=O) groups is 2. The van der Waals surface area contributed by atoms with Gasteiger partial charge in [-0.25, -0.2) is 4.79 Å². The summed E-state index contributed by atoms with van der Waals surface area (Å²) in [6.45, 7) is 3.75. The Kier molecular flexibility index (Phi) is 6.54. The Morgan fingerprint density at radius 3 is 2.62 bits per heavy atom.